The number of aliphatic hydroxyl groups is 2. The zero-order valence-corrected chi connectivity index (χ0v) is 27.5. The van der Waals surface area contributed by atoms with Gasteiger partial charge in [0.15, 0.2) is 18.5 Å². The number of hydrogen-bond donors (Lipinski definition) is 2. The Morgan fingerprint density at radius 2 is 1.20 bits per heavy atom. The number of aliphatic hydroxyl groups excluding tert-OH is 2. The molecule has 1 fully saturated rings. The first-order valence-electron chi connectivity index (χ1n) is 16.7. The normalized spacial score (nSPS) is 26.2. The van der Waals surface area contributed by atoms with Crippen LogP contribution in [0.2, 0.25) is 0 Å². The Bertz CT molecular complexity index is 1600. The Labute approximate surface area is 291 Å². The van der Waals surface area contributed by atoms with Crippen LogP contribution < -0.4 is 0 Å². The van der Waals surface area contributed by atoms with Gasteiger partial charge < -0.3 is 43.4 Å². The Morgan fingerprint density at radius 3 is 1.78 bits per heavy atom. The second kappa shape index (κ2) is 18.0. The van der Waals surface area contributed by atoms with Gasteiger partial charge in [0, 0.05) is 0 Å². The quantitative estimate of drug-likeness (QED) is 0.166. The molecular weight excluding hydrogens is 640 g/mol. The number of esters is 1. The average molecular weight is 683 g/mol. The fourth-order valence-electron chi connectivity index (χ4n) is 5.90. The predicted octanol–water partition coefficient (Wildman–Crippen LogP) is 4.98. The van der Waals surface area contributed by atoms with E-state index >= 15 is 0 Å². The molecule has 8 atom stereocenters. The SMILES string of the molecule is O=C(O[C@@H]1C=CO[C@H](CO)[C@H]1O[C@H]1O[C@H](COCc2ccccc2)[C@@H](OCc2ccccc2)[C@H](OCc2ccccc2)[C@H]1O)c1ccccc1. The van der Waals surface area contributed by atoms with Crippen molar-refractivity contribution in [2.24, 2.45) is 0 Å². The summed E-state index contributed by atoms with van der Waals surface area (Å²) < 4.78 is 43.4. The third kappa shape index (κ3) is 9.43. The molecule has 10 nitrogen and oxygen atoms in total. The molecule has 6 rings (SSSR count). The third-order valence-corrected chi connectivity index (χ3v) is 8.51. The van der Waals surface area contributed by atoms with Crippen LogP contribution in [0.4, 0.5) is 0 Å². The molecule has 0 bridgehead atoms. The molecule has 0 unspecified atom stereocenters. The highest BCUT2D eigenvalue weighted by Crippen LogP contribution is 2.32. The van der Waals surface area contributed by atoms with Crippen LogP contribution in [0.25, 0.3) is 0 Å². The molecule has 50 heavy (non-hydrogen) atoms. The highest BCUT2D eigenvalue weighted by atomic mass is 16.7. The largest absolute Gasteiger partial charge is 0.493 e. The first kappa shape index (κ1) is 35.4. The molecule has 0 saturated carbocycles. The van der Waals surface area contributed by atoms with E-state index in [-0.39, 0.29) is 19.8 Å². The molecule has 2 heterocycles. The first-order valence-corrected chi connectivity index (χ1v) is 16.7. The number of ether oxygens (including phenoxy) is 7. The van der Waals surface area contributed by atoms with Crippen molar-refractivity contribution < 1.29 is 48.2 Å². The van der Waals surface area contributed by atoms with Crippen LogP contribution in [-0.2, 0) is 53.0 Å². The average Bonchev–Trinajstić information content (AvgIpc) is 3.17. The Morgan fingerprint density at radius 1 is 0.660 bits per heavy atom. The van der Waals surface area contributed by atoms with Gasteiger partial charge in [0.05, 0.1) is 44.9 Å². The van der Waals surface area contributed by atoms with Crippen LogP contribution in [0.5, 0.6) is 0 Å². The van der Waals surface area contributed by atoms with Gasteiger partial charge in [-0.1, -0.05) is 109 Å². The summed E-state index contributed by atoms with van der Waals surface area (Å²) in [4.78, 5) is 13.1. The van der Waals surface area contributed by atoms with Crippen LogP contribution in [-0.4, -0.2) is 78.4 Å². The van der Waals surface area contributed by atoms with E-state index in [1.807, 2.05) is 91.0 Å². The summed E-state index contributed by atoms with van der Waals surface area (Å²) in [7, 11) is 0. The monoisotopic (exact) mass is 682 g/mol. The highest BCUT2D eigenvalue weighted by molar-refractivity contribution is 5.89. The van der Waals surface area contributed by atoms with Gasteiger partial charge in [-0.2, -0.15) is 0 Å². The molecule has 10 heteroatoms. The third-order valence-electron chi connectivity index (χ3n) is 8.51. The Hall–Kier alpha value is -4.39. The minimum Gasteiger partial charge on any atom is -0.493 e. The standard InChI is InChI=1S/C40H42O10/c41-23-33-36(32(21-22-45-33)48-39(43)31-19-11-4-12-20-31)50-40-35(42)38(47-26-30-17-9-3-10-18-30)37(46-25-29-15-7-2-8-16-29)34(49-40)27-44-24-28-13-5-1-6-14-28/h1-22,32-38,40-42H,23-27H2/t32-,33-,34-,35-,36+,37-,38-,40-/m1/s1. The van der Waals surface area contributed by atoms with Crippen LogP contribution in [0.3, 0.4) is 0 Å². The van der Waals surface area contributed by atoms with Crippen molar-refractivity contribution in [3.8, 4) is 0 Å². The van der Waals surface area contributed by atoms with E-state index in [0.29, 0.717) is 12.2 Å². The van der Waals surface area contributed by atoms with Gasteiger partial charge in [0.25, 0.3) is 0 Å². The topological polar surface area (TPSA) is 122 Å². The van der Waals surface area contributed by atoms with E-state index in [4.69, 9.17) is 33.2 Å². The van der Waals surface area contributed by atoms with E-state index in [9.17, 15) is 15.0 Å². The molecule has 1 saturated heterocycles. The van der Waals surface area contributed by atoms with Crippen molar-refractivity contribution in [3.05, 3.63) is 156 Å². The molecule has 2 aliphatic rings. The predicted molar refractivity (Wildman–Crippen MR) is 182 cm³/mol. The smallest absolute Gasteiger partial charge is 0.338 e. The molecular formula is C40H42O10. The second-order valence-corrected chi connectivity index (χ2v) is 12.1. The zero-order valence-electron chi connectivity index (χ0n) is 27.5. The van der Waals surface area contributed by atoms with E-state index in [1.54, 1.807) is 30.3 Å². The maximum Gasteiger partial charge on any atom is 0.338 e. The molecule has 0 amide bonds. The molecule has 4 aromatic rings. The van der Waals surface area contributed by atoms with Crippen molar-refractivity contribution >= 4 is 5.97 Å². The lowest BCUT2D eigenvalue weighted by atomic mass is 9.97. The van der Waals surface area contributed by atoms with Gasteiger partial charge in [-0.15, -0.1) is 0 Å². The summed E-state index contributed by atoms with van der Waals surface area (Å²) in [6, 6.07) is 37.6. The first-order chi connectivity index (χ1) is 24.6. The van der Waals surface area contributed by atoms with E-state index in [2.05, 4.69) is 0 Å². The lowest BCUT2D eigenvalue weighted by Crippen LogP contribution is -2.62. The van der Waals surface area contributed by atoms with Crippen molar-refractivity contribution in [1.82, 2.24) is 0 Å². The number of hydrogen-bond acceptors (Lipinski definition) is 10. The van der Waals surface area contributed by atoms with E-state index < -0.39 is 61.6 Å². The van der Waals surface area contributed by atoms with Crippen molar-refractivity contribution in [1.29, 1.82) is 0 Å². The minimum absolute atomic E-state index is 0.0864. The Kier molecular flexibility index (Phi) is 12.8. The molecule has 2 aliphatic heterocycles. The summed E-state index contributed by atoms with van der Waals surface area (Å²) in [6.45, 7) is 0.379. The number of rotatable bonds is 15. The fourth-order valence-corrected chi connectivity index (χ4v) is 5.90. The lowest BCUT2D eigenvalue weighted by Gasteiger charge is -2.46. The summed E-state index contributed by atoms with van der Waals surface area (Å²) >= 11 is 0. The van der Waals surface area contributed by atoms with Crippen LogP contribution in [0.1, 0.15) is 27.0 Å². The van der Waals surface area contributed by atoms with Gasteiger partial charge in [-0.05, 0) is 34.9 Å². The van der Waals surface area contributed by atoms with Crippen molar-refractivity contribution in [3.63, 3.8) is 0 Å². The van der Waals surface area contributed by atoms with E-state index in [0.717, 1.165) is 16.7 Å². The number of benzene rings is 4. The van der Waals surface area contributed by atoms with Crippen LogP contribution in [0, 0.1) is 0 Å². The highest BCUT2D eigenvalue weighted by Gasteiger charge is 2.50. The molecule has 0 aromatic heterocycles. The number of carbonyl (C=O) groups is 1. The summed E-state index contributed by atoms with van der Waals surface area (Å²) in [6.07, 6.45) is -5.15. The van der Waals surface area contributed by atoms with Crippen LogP contribution in [0.15, 0.2) is 134 Å². The Balaban J connectivity index is 1.26. The summed E-state index contributed by atoms with van der Waals surface area (Å²) in [5, 5.41) is 22.1. The maximum absolute atomic E-state index is 13.1. The zero-order chi connectivity index (χ0) is 34.5. The van der Waals surface area contributed by atoms with E-state index in [1.165, 1.54) is 12.3 Å². The molecule has 4 aromatic carbocycles. The number of carbonyl (C=O) groups excluding carboxylic acids is 1. The minimum atomic E-state index is -1.36. The van der Waals surface area contributed by atoms with Gasteiger partial charge in [0.1, 0.15) is 30.5 Å². The second-order valence-electron chi connectivity index (χ2n) is 12.1. The summed E-state index contributed by atoms with van der Waals surface area (Å²) in [5.41, 5.74) is 3.17. The summed E-state index contributed by atoms with van der Waals surface area (Å²) in [5.74, 6) is -0.580. The molecule has 262 valence electrons. The van der Waals surface area contributed by atoms with Crippen LogP contribution >= 0.6 is 0 Å². The van der Waals surface area contributed by atoms with Gasteiger partial charge in [-0.25, -0.2) is 4.79 Å². The van der Waals surface area contributed by atoms with Gasteiger partial charge in [0.2, 0.25) is 0 Å². The lowest BCUT2D eigenvalue weighted by molar-refractivity contribution is -0.337. The van der Waals surface area contributed by atoms with Crippen molar-refractivity contribution in [2.75, 3.05) is 13.2 Å². The molecule has 0 radical (unpaired) electrons. The maximum atomic E-state index is 13.1. The van der Waals surface area contributed by atoms with Crippen molar-refractivity contribution in [2.45, 2.75) is 68.8 Å². The fraction of sp³-hybridized carbons (Fsp3) is 0.325. The molecule has 0 aliphatic carbocycles. The molecule has 0 spiro atoms. The van der Waals surface area contributed by atoms with Gasteiger partial charge >= 0.3 is 5.97 Å². The molecule has 2 N–H and O–H groups in total. The van der Waals surface area contributed by atoms with Gasteiger partial charge in [-0.3, -0.25) is 0 Å².